The van der Waals surface area contributed by atoms with Gasteiger partial charge in [0.15, 0.2) is 11.6 Å². The minimum atomic E-state index is -0.742. The van der Waals surface area contributed by atoms with Crippen LogP contribution >= 0.6 is 23.2 Å². The number of halogens is 2. The van der Waals surface area contributed by atoms with Crippen LogP contribution in [0.5, 0.6) is 0 Å². The number of carbonyl (C=O) groups excluding carboxylic acids is 3. The number of Topliss-reactive ketones (excluding diaryl/α,β-unsaturated/α-hetero) is 1. The molecule has 0 radical (unpaired) electrons. The standard InChI is InChI=1S/C13H14ClNO3.C11H10ClNO2/c14-9-3-4-11-10(8-9)13(17-6-7-18-13)5-1-2-12(16)15-11;12-7-4-5-9-8(6-7)10(14)2-1-3-11(15)13-9/h3-4,8H,1-2,5-7H2,(H,15,16);4-6H,1-3H2,(H,13,15). The van der Waals surface area contributed by atoms with Crippen LogP contribution in [-0.4, -0.2) is 30.8 Å². The fourth-order valence-electron chi connectivity index (χ4n) is 4.14. The molecule has 2 N–H and O–H groups in total. The summed E-state index contributed by atoms with van der Waals surface area (Å²) in [5, 5.41) is 6.71. The van der Waals surface area contributed by atoms with Gasteiger partial charge in [0.1, 0.15) is 0 Å². The lowest BCUT2D eigenvalue weighted by Gasteiger charge is -2.31. The van der Waals surface area contributed by atoms with Crippen molar-refractivity contribution in [2.45, 2.75) is 44.3 Å². The molecule has 2 amide bonds. The highest BCUT2D eigenvalue weighted by molar-refractivity contribution is 6.31. The molecule has 0 saturated carbocycles. The van der Waals surface area contributed by atoms with E-state index in [4.69, 9.17) is 32.7 Å². The molecule has 7 nitrogen and oxygen atoms in total. The predicted octanol–water partition coefficient (Wildman–Crippen LogP) is 5.31. The van der Waals surface area contributed by atoms with Crippen LogP contribution in [0, 0.1) is 0 Å². The number of hydrogen-bond donors (Lipinski definition) is 2. The lowest BCUT2D eigenvalue weighted by molar-refractivity contribution is -0.171. The van der Waals surface area contributed by atoms with Gasteiger partial charge in [0.25, 0.3) is 0 Å². The van der Waals surface area contributed by atoms with Crippen molar-refractivity contribution in [2.75, 3.05) is 23.8 Å². The number of amides is 2. The molecule has 3 heterocycles. The van der Waals surface area contributed by atoms with Crippen LogP contribution in [0.15, 0.2) is 36.4 Å². The Labute approximate surface area is 201 Å². The summed E-state index contributed by atoms with van der Waals surface area (Å²) in [5.74, 6) is -0.738. The molecule has 1 saturated heterocycles. The Morgan fingerprint density at radius 3 is 2.09 bits per heavy atom. The fraction of sp³-hybridized carbons (Fsp3) is 0.375. The summed E-state index contributed by atoms with van der Waals surface area (Å²) in [5.41, 5.74) is 2.62. The highest BCUT2D eigenvalue weighted by Crippen LogP contribution is 2.42. The molecule has 33 heavy (non-hydrogen) atoms. The molecular formula is C24H24Cl2N2O5. The average molecular weight is 491 g/mol. The Bertz CT molecular complexity index is 1080. The molecule has 3 aliphatic heterocycles. The molecular weight excluding hydrogens is 467 g/mol. The first-order valence-electron chi connectivity index (χ1n) is 10.9. The summed E-state index contributed by atoms with van der Waals surface area (Å²) in [7, 11) is 0. The maximum atomic E-state index is 11.7. The Hall–Kier alpha value is -2.45. The zero-order valence-electron chi connectivity index (χ0n) is 17.9. The van der Waals surface area contributed by atoms with Crippen molar-refractivity contribution in [1.29, 1.82) is 0 Å². The molecule has 2 aromatic rings. The molecule has 0 aromatic heterocycles. The average Bonchev–Trinajstić information content (AvgIpc) is 3.25. The van der Waals surface area contributed by atoms with Gasteiger partial charge in [0.2, 0.25) is 11.8 Å². The summed E-state index contributed by atoms with van der Waals surface area (Å²) in [6.07, 6.45) is 3.28. The molecule has 9 heteroatoms. The number of ether oxygens (including phenoxy) is 2. The summed E-state index contributed by atoms with van der Waals surface area (Å²) in [6, 6.07) is 10.3. The first kappa shape index (κ1) is 23.7. The van der Waals surface area contributed by atoms with Crippen molar-refractivity contribution >= 4 is 52.2 Å². The highest BCUT2D eigenvalue weighted by Gasteiger charge is 2.41. The normalized spacial score (nSPS) is 19.5. The maximum Gasteiger partial charge on any atom is 0.224 e. The van der Waals surface area contributed by atoms with Crippen LogP contribution in [0.3, 0.4) is 0 Å². The summed E-state index contributed by atoms with van der Waals surface area (Å²) in [6.45, 7) is 1.14. The zero-order chi connectivity index (χ0) is 23.4. The molecule has 0 unspecified atom stereocenters. The third-order valence-corrected chi connectivity index (χ3v) is 6.16. The summed E-state index contributed by atoms with van der Waals surface area (Å²) < 4.78 is 11.6. The quantitative estimate of drug-likeness (QED) is 0.521. The van der Waals surface area contributed by atoms with Gasteiger partial charge in [0, 0.05) is 52.5 Å². The number of fused-ring (bicyclic) bond motifs is 3. The van der Waals surface area contributed by atoms with Crippen LogP contribution in [0.2, 0.25) is 10.0 Å². The molecule has 0 atom stereocenters. The monoisotopic (exact) mass is 490 g/mol. The minimum Gasteiger partial charge on any atom is -0.343 e. The first-order valence-corrected chi connectivity index (χ1v) is 11.6. The van der Waals surface area contributed by atoms with Crippen LogP contribution in [0.25, 0.3) is 0 Å². The Balaban J connectivity index is 0.000000160. The van der Waals surface area contributed by atoms with Crippen molar-refractivity contribution < 1.29 is 23.9 Å². The van der Waals surface area contributed by atoms with Gasteiger partial charge in [-0.2, -0.15) is 0 Å². The molecule has 174 valence electrons. The second-order valence-electron chi connectivity index (χ2n) is 8.06. The molecule has 1 spiro atoms. The molecule has 0 aliphatic carbocycles. The fourth-order valence-corrected chi connectivity index (χ4v) is 4.48. The number of benzene rings is 2. The first-order chi connectivity index (χ1) is 15.9. The Kier molecular flexibility index (Phi) is 7.34. The molecule has 1 fully saturated rings. The van der Waals surface area contributed by atoms with E-state index in [1.807, 2.05) is 6.07 Å². The van der Waals surface area contributed by atoms with E-state index in [-0.39, 0.29) is 17.6 Å². The van der Waals surface area contributed by atoms with E-state index in [2.05, 4.69) is 10.6 Å². The van der Waals surface area contributed by atoms with Gasteiger partial charge in [-0.25, -0.2) is 0 Å². The van der Waals surface area contributed by atoms with E-state index in [1.54, 1.807) is 30.3 Å². The van der Waals surface area contributed by atoms with Gasteiger partial charge in [-0.3, -0.25) is 14.4 Å². The summed E-state index contributed by atoms with van der Waals surface area (Å²) >= 11 is 11.9. The van der Waals surface area contributed by atoms with Crippen LogP contribution in [0.4, 0.5) is 11.4 Å². The minimum absolute atomic E-state index is 0.0198. The van der Waals surface area contributed by atoms with Crippen LogP contribution in [0.1, 0.15) is 54.4 Å². The smallest absolute Gasteiger partial charge is 0.224 e. The van der Waals surface area contributed by atoms with Gasteiger partial charge in [0.05, 0.1) is 18.9 Å². The van der Waals surface area contributed by atoms with Gasteiger partial charge in [-0.05, 0) is 49.2 Å². The predicted molar refractivity (Wildman–Crippen MR) is 126 cm³/mol. The van der Waals surface area contributed by atoms with E-state index in [0.717, 1.165) is 17.7 Å². The summed E-state index contributed by atoms with van der Waals surface area (Å²) in [4.78, 5) is 34.7. The Morgan fingerprint density at radius 2 is 1.36 bits per heavy atom. The molecule has 2 aromatic carbocycles. The third-order valence-electron chi connectivity index (χ3n) is 5.69. The number of nitrogens with one attached hydrogen (secondary N) is 2. The van der Waals surface area contributed by atoms with Crippen molar-refractivity contribution in [3.63, 3.8) is 0 Å². The number of anilines is 2. The van der Waals surface area contributed by atoms with Gasteiger partial charge in [-0.15, -0.1) is 0 Å². The number of carbonyl (C=O) groups is 3. The van der Waals surface area contributed by atoms with E-state index < -0.39 is 5.79 Å². The van der Waals surface area contributed by atoms with Gasteiger partial charge >= 0.3 is 0 Å². The van der Waals surface area contributed by atoms with Crippen LogP contribution < -0.4 is 10.6 Å². The third kappa shape index (κ3) is 5.55. The van der Waals surface area contributed by atoms with Crippen molar-refractivity contribution in [3.8, 4) is 0 Å². The molecule has 3 aliphatic rings. The lowest BCUT2D eigenvalue weighted by atomic mass is 9.95. The van der Waals surface area contributed by atoms with Gasteiger partial charge in [-0.1, -0.05) is 23.2 Å². The lowest BCUT2D eigenvalue weighted by Crippen LogP contribution is -2.31. The number of hydrogen-bond acceptors (Lipinski definition) is 5. The Morgan fingerprint density at radius 1 is 0.758 bits per heavy atom. The van der Waals surface area contributed by atoms with E-state index >= 15 is 0 Å². The number of ketones is 1. The highest BCUT2D eigenvalue weighted by atomic mass is 35.5. The topological polar surface area (TPSA) is 93.7 Å². The van der Waals surface area contributed by atoms with E-state index in [0.29, 0.717) is 66.6 Å². The van der Waals surface area contributed by atoms with E-state index in [9.17, 15) is 14.4 Å². The second kappa shape index (κ2) is 10.2. The van der Waals surface area contributed by atoms with Crippen molar-refractivity contribution in [3.05, 3.63) is 57.6 Å². The SMILES string of the molecule is O=C1CCCC(=O)c2cc(Cl)ccc2N1.O=C1CCCC2(OCCO2)c2cc(Cl)ccc2N1. The molecule has 0 bridgehead atoms. The maximum absolute atomic E-state index is 11.7. The van der Waals surface area contributed by atoms with Crippen molar-refractivity contribution in [1.82, 2.24) is 0 Å². The van der Waals surface area contributed by atoms with Crippen LogP contribution in [-0.2, 0) is 24.8 Å². The van der Waals surface area contributed by atoms with Crippen molar-refractivity contribution in [2.24, 2.45) is 0 Å². The molecule has 5 rings (SSSR count). The largest absolute Gasteiger partial charge is 0.343 e. The van der Waals surface area contributed by atoms with E-state index in [1.165, 1.54) is 0 Å². The second-order valence-corrected chi connectivity index (χ2v) is 8.93. The number of rotatable bonds is 0. The van der Waals surface area contributed by atoms with Gasteiger partial charge < -0.3 is 20.1 Å². The zero-order valence-corrected chi connectivity index (χ0v) is 19.4.